The summed E-state index contributed by atoms with van der Waals surface area (Å²) in [5, 5.41) is 14.4. The molecule has 0 spiro atoms. The van der Waals surface area contributed by atoms with Crippen LogP contribution in [0.5, 0.6) is 0 Å². The summed E-state index contributed by atoms with van der Waals surface area (Å²) < 4.78 is 0. The molecule has 0 aromatic heterocycles. The number of hydrogen-bond donors (Lipinski definition) is 3. The van der Waals surface area contributed by atoms with Crippen LogP contribution < -0.4 is 10.6 Å². The summed E-state index contributed by atoms with van der Waals surface area (Å²) in [7, 11) is 0. The van der Waals surface area contributed by atoms with E-state index in [0.29, 0.717) is 11.1 Å². The van der Waals surface area contributed by atoms with Gasteiger partial charge in [-0.2, -0.15) is 0 Å². The monoisotopic (exact) mass is 366 g/mol. The fourth-order valence-electron chi connectivity index (χ4n) is 2.39. The summed E-state index contributed by atoms with van der Waals surface area (Å²) in [4.78, 5) is 36.5. The van der Waals surface area contributed by atoms with Crippen LogP contribution in [0.1, 0.15) is 29.8 Å². The quantitative estimate of drug-likeness (QED) is 0.657. The van der Waals surface area contributed by atoms with E-state index in [1.165, 1.54) is 6.08 Å². The third-order valence-electron chi connectivity index (χ3n) is 3.86. The van der Waals surface area contributed by atoms with Gasteiger partial charge in [-0.3, -0.25) is 9.59 Å². The number of carbonyl (C=O) groups is 3. The Hall–Kier alpha value is -3.41. The number of amides is 2. The number of hydrogen-bond acceptors (Lipinski definition) is 3. The lowest BCUT2D eigenvalue weighted by Crippen LogP contribution is -2.47. The minimum Gasteiger partial charge on any atom is -0.480 e. The fraction of sp³-hybridized carbons (Fsp3) is 0.190. The second-order valence-corrected chi connectivity index (χ2v) is 6.32. The van der Waals surface area contributed by atoms with Gasteiger partial charge in [0.2, 0.25) is 0 Å². The van der Waals surface area contributed by atoms with Gasteiger partial charge in [-0.05, 0) is 29.7 Å². The van der Waals surface area contributed by atoms with E-state index in [0.717, 1.165) is 0 Å². The minimum atomic E-state index is -1.13. The molecule has 3 N–H and O–H groups in total. The highest BCUT2D eigenvalue weighted by Crippen LogP contribution is 2.09. The van der Waals surface area contributed by atoms with Crippen molar-refractivity contribution in [3.63, 3.8) is 0 Å². The first-order valence-corrected chi connectivity index (χ1v) is 8.55. The Labute approximate surface area is 157 Å². The van der Waals surface area contributed by atoms with Crippen molar-refractivity contribution in [1.29, 1.82) is 0 Å². The van der Waals surface area contributed by atoms with E-state index in [4.69, 9.17) is 0 Å². The average molecular weight is 366 g/mol. The molecule has 140 valence electrons. The van der Waals surface area contributed by atoms with E-state index in [2.05, 4.69) is 10.6 Å². The highest BCUT2D eigenvalue weighted by Gasteiger charge is 2.25. The van der Waals surface area contributed by atoms with Gasteiger partial charge < -0.3 is 15.7 Å². The molecular formula is C21H22N2O4. The Morgan fingerprint density at radius 3 is 2.00 bits per heavy atom. The molecule has 0 unspecified atom stereocenters. The molecule has 0 aliphatic rings. The maximum atomic E-state index is 12.7. The SMILES string of the molecule is CC(C)[C@H](NC(=O)/C(=C/c1ccccc1)NC(=O)c1ccccc1)C(=O)O. The number of carbonyl (C=O) groups excluding carboxylic acids is 2. The first kappa shape index (κ1) is 19.9. The lowest BCUT2D eigenvalue weighted by molar-refractivity contribution is -0.142. The van der Waals surface area contributed by atoms with Crippen molar-refractivity contribution in [3.8, 4) is 0 Å². The zero-order valence-corrected chi connectivity index (χ0v) is 15.2. The number of carboxylic acid groups (broad SMARTS) is 1. The van der Waals surface area contributed by atoms with Crippen LogP contribution in [-0.2, 0) is 9.59 Å². The number of nitrogens with one attached hydrogen (secondary N) is 2. The first-order valence-electron chi connectivity index (χ1n) is 8.55. The molecule has 2 amide bonds. The summed E-state index contributed by atoms with van der Waals surface area (Å²) in [5.41, 5.74) is 1.07. The van der Waals surface area contributed by atoms with Crippen molar-refractivity contribution in [2.24, 2.45) is 5.92 Å². The first-order chi connectivity index (χ1) is 12.9. The summed E-state index contributed by atoms with van der Waals surface area (Å²) in [5.74, 6) is -2.56. The summed E-state index contributed by atoms with van der Waals surface area (Å²) in [6, 6.07) is 16.4. The Balaban J connectivity index is 2.29. The summed E-state index contributed by atoms with van der Waals surface area (Å²) in [6.45, 7) is 3.39. The Morgan fingerprint density at radius 2 is 1.48 bits per heavy atom. The molecule has 0 bridgehead atoms. The summed E-state index contributed by atoms with van der Waals surface area (Å²) in [6.07, 6.45) is 1.51. The molecule has 0 heterocycles. The van der Waals surface area contributed by atoms with Crippen molar-refractivity contribution in [3.05, 3.63) is 77.5 Å². The minimum absolute atomic E-state index is 0.0260. The fourth-order valence-corrected chi connectivity index (χ4v) is 2.39. The molecule has 0 radical (unpaired) electrons. The molecule has 2 rings (SSSR count). The van der Waals surface area contributed by atoms with Gasteiger partial charge in [-0.15, -0.1) is 0 Å². The number of carboxylic acids is 1. The van der Waals surface area contributed by atoms with Crippen molar-refractivity contribution >= 4 is 23.9 Å². The molecule has 2 aromatic carbocycles. The lowest BCUT2D eigenvalue weighted by atomic mass is 10.0. The van der Waals surface area contributed by atoms with E-state index in [1.807, 2.05) is 6.07 Å². The Bertz CT molecular complexity index is 830. The standard InChI is InChI=1S/C21H22N2O4/c1-14(2)18(21(26)27)23-20(25)17(13-15-9-5-3-6-10-15)22-19(24)16-11-7-4-8-12-16/h3-14,18H,1-2H3,(H,22,24)(H,23,25)(H,26,27)/b17-13-/t18-/m0/s1. The second kappa shape index (κ2) is 9.33. The van der Waals surface area contributed by atoms with Gasteiger partial charge >= 0.3 is 5.97 Å². The van der Waals surface area contributed by atoms with Crippen LogP contribution in [0.3, 0.4) is 0 Å². The molecule has 2 aromatic rings. The molecule has 6 nitrogen and oxygen atoms in total. The molecule has 27 heavy (non-hydrogen) atoms. The number of rotatable bonds is 7. The van der Waals surface area contributed by atoms with E-state index in [9.17, 15) is 19.5 Å². The van der Waals surface area contributed by atoms with Crippen molar-refractivity contribution < 1.29 is 19.5 Å². The molecular weight excluding hydrogens is 344 g/mol. The van der Waals surface area contributed by atoms with Crippen molar-refractivity contribution in [1.82, 2.24) is 10.6 Å². The van der Waals surface area contributed by atoms with E-state index in [1.54, 1.807) is 68.4 Å². The van der Waals surface area contributed by atoms with Crippen molar-refractivity contribution in [2.75, 3.05) is 0 Å². The smallest absolute Gasteiger partial charge is 0.326 e. The van der Waals surface area contributed by atoms with E-state index < -0.39 is 23.8 Å². The third kappa shape index (κ3) is 5.81. The zero-order valence-electron chi connectivity index (χ0n) is 15.2. The van der Waals surface area contributed by atoms with Gasteiger partial charge in [-0.1, -0.05) is 62.4 Å². The largest absolute Gasteiger partial charge is 0.480 e. The van der Waals surface area contributed by atoms with Crippen LogP contribution in [-0.4, -0.2) is 28.9 Å². The van der Waals surface area contributed by atoms with Gasteiger partial charge in [0.05, 0.1) is 0 Å². The van der Waals surface area contributed by atoms with Crippen LogP contribution in [0.4, 0.5) is 0 Å². The Kier molecular flexibility index (Phi) is 6.88. The zero-order chi connectivity index (χ0) is 19.8. The molecule has 0 saturated carbocycles. The van der Waals surface area contributed by atoms with E-state index in [-0.39, 0.29) is 11.6 Å². The number of aliphatic carboxylic acids is 1. The topological polar surface area (TPSA) is 95.5 Å². The predicted molar refractivity (Wildman–Crippen MR) is 103 cm³/mol. The molecule has 6 heteroatoms. The highest BCUT2D eigenvalue weighted by atomic mass is 16.4. The van der Waals surface area contributed by atoms with Crippen LogP contribution in [0, 0.1) is 5.92 Å². The van der Waals surface area contributed by atoms with Gasteiger partial charge in [0.15, 0.2) is 0 Å². The van der Waals surface area contributed by atoms with Crippen LogP contribution in [0.15, 0.2) is 66.4 Å². The highest BCUT2D eigenvalue weighted by molar-refractivity contribution is 6.06. The molecule has 0 aliphatic heterocycles. The average Bonchev–Trinajstić information content (AvgIpc) is 2.66. The lowest BCUT2D eigenvalue weighted by Gasteiger charge is -2.19. The number of benzene rings is 2. The maximum absolute atomic E-state index is 12.7. The van der Waals surface area contributed by atoms with Gasteiger partial charge in [0.25, 0.3) is 11.8 Å². The van der Waals surface area contributed by atoms with Gasteiger partial charge in [0, 0.05) is 5.56 Å². The van der Waals surface area contributed by atoms with Gasteiger partial charge in [-0.25, -0.2) is 4.79 Å². The van der Waals surface area contributed by atoms with E-state index >= 15 is 0 Å². The Morgan fingerprint density at radius 1 is 0.926 bits per heavy atom. The normalized spacial score (nSPS) is 12.3. The van der Waals surface area contributed by atoms with Crippen LogP contribution >= 0.6 is 0 Å². The van der Waals surface area contributed by atoms with Crippen LogP contribution in [0.25, 0.3) is 6.08 Å². The molecule has 0 saturated heterocycles. The molecule has 0 fully saturated rings. The maximum Gasteiger partial charge on any atom is 0.326 e. The van der Waals surface area contributed by atoms with Crippen molar-refractivity contribution in [2.45, 2.75) is 19.9 Å². The van der Waals surface area contributed by atoms with Crippen LogP contribution in [0.2, 0.25) is 0 Å². The second-order valence-electron chi connectivity index (χ2n) is 6.32. The third-order valence-corrected chi connectivity index (χ3v) is 3.86. The summed E-state index contributed by atoms with van der Waals surface area (Å²) >= 11 is 0. The van der Waals surface area contributed by atoms with Gasteiger partial charge in [0.1, 0.15) is 11.7 Å². The molecule has 0 aliphatic carbocycles. The predicted octanol–water partition coefficient (Wildman–Crippen LogP) is 2.68. The molecule has 1 atom stereocenters.